The van der Waals surface area contributed by atoms with Crippen LogP contribution in [0.1, 0.15) is 27.8 Å². The highest BCUT2D eigenvalue weighted by Gasteiger charge is 2.07. The van der Waals surface area contributed by atoms with E-state index in [1.807, 2.05) is 12.1 Å². The number of aryl methyl sites for hydroxylation is 3. The van der Waals surface area contributed by atoms with Gasteiger partial charge in [-0.15, -0.1) is 0 Å². The van der Waals surface area contributed by atoms with Crippen molar-refractivity contribution in [1.82, 2.24) is 0 Å². The molecule has 2 aromatic rings. The average molecular weight is 255 g/mol. The molecule has 19 heavy (non-hydrogen) atoms. The van der Waals surface area contributed by atoms with E-state index < -0.39 is 0 Å². The smallest absolute Gasteiger partial charge is 0.258 e. The lowest BCUT2D eigenvalue weighted by molar-refractivity contribution is -0.384. The highest BCUT2D eigenvalue weighted by atomic mass is 16.6. The van der Waals surface area contributed by atoms with E-state index in [1.165, 1.54) is 22.3 Å². The van der Waals surface area contributed by atoms with Crippen molar-refractivity contribution in [2.24, 2.45) is 0 Å². The van der Waals surface area contributed by atoms with Crippen molar-refractivity contribution in [2.45, 2.75) is 27.2 Å². The molecule has 0 aliphatic rings. The molecule has 0 saturated carbocycles. The predicted molar refractivity (Wildman–Crippen MR) is 76.6 cm³/mol. The van der Waals surface area contributed by atoms with Gasteiger partial charge >= 0.3 is 0 Å². The maximum Gasteiger partial charge on any atom is 0.269 e. The number of hydrogen-bond donors (Lipinski definition) is 0. The first-order valence-electron chi connectivity index (χ1n) is 6.27. The van der Waals surface area contributed by atoms with Gasteiger partial charge in [-0.25, -0.2) is 0 Å². The Morgan fingerprint density at radius 3 is 2.00 bits per heavy atom. The molecule has 0 N–H and O–H groups in total. The molecule has 0 bridgehead atoms. The Balaban J connectivity index is 2.29. The van der Waals surface area contributed by atoms with E-state index in [2.05, 4.69) is 32.9 Å². The quantitative estimate of drug-likeness (QED) is 0.612. The monoisotopic (exact) mass is 255 g/mol. The molecule has 98 valence electrons. The fourth-order valence-electron chi connectivity index (χ4n) is 2.43. The first-order valence-corrected chi connectivity index (χ1v) is 6.27. The molecule has 0 aliphatic heterocycles. The first kappa shape index (κ1) is 13.3. The van der Waals surface area contributed by atoms with Gasteiger partial charge in [0.2, 0.25) is 0 Å². The number of benzene rings is 2. The summed E-state index contributed by atoms with van der Waals surface area (Å²) in [5.74, 6) is 0. The zero-order valence-corrected chi connectivity index (χ0v) is 11.4. The van der Waals surface area contributed by atoms with E-state index in [9.17, 15) is 10.1 Å². The summed E-state index contributed by atoms with van der Waals surface area (Å²) >= 11 is 0. The molecule has 0 radical (unpaired) electrons. The van der Waals surface area contributed by atoms with E-state index in [0.717, 1.165) is 12.0 Å². The Labute approximate surface area is 113 Å². The molecule has 0 saturated heterocycles. The molecule has 0 aromatic heterocycles. The Morgan fingerprint density at radius 2 is 1.53 bits per heavy atom. The summed E-state index contributed by atoms with van der Waals surface area (Å²) < 4.78 is 0. The van der Waals surface area contributed by atoms with Crippen molar-refractivity contribution in [3.63, 3.8) is 0 Å². The molecule has 0 fully saturated rings. The van der Waals surface area contributed by atoms with Crippen LogP contribution in [0.15, 0.2) is 36.4 Å². The third-order valence-corrected chi connectivity index (χ3v) is 3.37. The standard InChI is InChI=1S/C16H17NO2/c1-11-8-12(2)16(13(3)9-11)10-14-4-6-15(7-5-14)17(18)19/h4-9H,10H2,1-3H3. The van der Waals surface area contributed by atoms with Gasteiger partial charge in [0.05, 0.1) is 4.92 Å². The third kappa shape index (κ3) is 2.99. The molecule has 2 rings (SSSR count). The lowest BCUT2D eigenvalue weighted by Crippen LogP contribution is -1.97. The summed E-state index contributed by atoms with van der Waals surface area (Å²) in [5.41, 5.74) is 6.36. The fourth-order valence-corrected chi connectivity index (χ4v) is 2.43. The Hall–Kier alpha value is -2.16. The number of nitrogens with zero attached hydrogens (tertiary/aromatic N) is 1. The van der Waals surface area contributed by atoms with E-state index in [0.29, 0.717) is 0 Å². The molecule has 0 spiro atoms. The summed E-state index contributed by atoms with van der Waals surface area (Å²) in [4.78, 5) is 10.3. The Bertz CT molecular complexity index is 592. The van der Waals surface area contributed by atoms with E-state index >= 15 is 0 Å². The minimum Gasteiger partial charge on any atom is -0.258 e. The maximum atomic E-state index is 10.6. The summed E-state index contributed by atoms with van der Waals surface area (Å²) in [6, 6.07) is 11.1. The number of non-ortho nitro benzene ring substituents is 1. The van der Waals surface area contributed by atoms with Crippen LogP contribution in [0.4, 0.5) is 5.69 Å². The Kier molecular flexibility index (Phi) is 3.65. The second kappa shape index (κ2) is 5.22. The number of nitro groups is 1. The molecule has 0 amide bonds. The zero-order chi connectivity index (χ0) is 14.0. The van der Waals surface area contributed by atoms with Gasteiger partial charge < -0.3 is 0 Å². The van der Waals surface area contributed by atoms with Crippen molar-refractivity contribution >= 4 is 5.69 Å². The molecule has 0 heterocycles. The van der Waals surface area contributed by atoms with Gasteiger partial charge in [-0.05, 0) is 49.4 Å². The van der Waals surface area contributed by atoms with Gasteiger partial charge in [0.15, 0.2) is 0 Å². The summed E-state index contributed by atoms with van der Waals surface area (Å²) in [7, 11) is 0. The lowest BCUT2D eigenvalue weighted by Gasteiger charge is -2.11. The molecule has 3 nitrogen and oxygen atoms in total. The van der Waals surface area contributed by atoms with E-state index in [4.69, 9.17) is 0 Å². The van der Waals surface area contributed by atoms with Crippen LogP contribution >= 0.6 is 0 Å². The van der Waals surface area contributed by atoms with Crippen LogP contribution in [0.25, 0.3) is 0 Å². The van der Waals surface area contributed by atoms with Crippen LogP contribution in [-0.4, -0.2) is 4.92 Å². The minimum atomic E-state index is -0.369. The van der Waals surface area contributed by atoms with Crippen molar-refractivity contribution in [1.29, 1.82) is 0 Å². The van der Waals surface area contributed by atoms with Crippen molar-refractivity contribution in [2.75, 3.05) is 0 Å². The molecule has 0 aliphatic carbocycles. The largest absolute Gasteiger partial charge is 0.269 e. The molecular weight excluding hydrogens is 238 g/mol. The highest BCUT2D eigenvalue weighted by Crippen LogP contribution is 2.21. The highest BCUT2D eigenvalue weighted by molar-refractivity contribution is 5.42. The van der Waals surface area contributed by atoms with Crippen LogP contribution < -0.4 is 0 Å². The van der Waals surface area contributed by atoms with Crippen molar-refractivity contribution in [3.8, 4) is 0 Å². The van der Waals surface area contributed by atoms with Gasteiger partial charge in [0.1, 0.15) is 0 Å². The average Bonchev–Trinajstić information content (AvgIpc) is 2.34. The van der Waals surface area contributed by atoms with Crippen LogP contribution in [0, 0.1) is 30.9 Å². The summed E-state index contributed by atoms with van der Waals surface area (Å²) in [6.07, 6.45) is 0.815. The van der Waals surface area contributed by atoms with Crippen LogP contribution in [-0.2, 0) is 6.42 Å². The van der Waals surface area contributed by atoms with Crippen LogP contribution in [0.5, 0.6) is 0 Å². The van der Waals surface area contributed by atoms with Gasteiger partial charge in [-0.3, -0.25) is 10.1 Å². The molecule has 3 heteroatoms. The minimum absolute atomic E-state index is 0.140. The fraction of sp³-hybridized carbons (Fsp3) is 0.250. The van der Waals surface area contributed by atoms with Crippen molar-refractivity contribution in [3.05, 3.63) is 74.3 Å². The third-order valence-electron chi connectivity index (χ3n) is 3.37. The zero-order valence-electron chi connectivity index (χ0n) is 11.4. The predicted octanol–water partition coefficient (Wildman–Crippen LogP) is 4.11. The molecule has 0 unspecified atom stereocenters. The topological polar surface area (TPSA) is 43.1 Å². The van der Waals surface area contributed by atoms with Crippen LogP contribution in [0.3, 0.4) is 0 Å². The van der Waals surface area contributed by atoms with Gasteiger partial charge in [0.25, 0.3) is 5.69 Å². The summed E-state index contributed by atoms with van der Waals surface area (Å²) in [6.45, 7) is 6.32. The van der Waals surface area contributed by atoms with E-state index in [1.54, 1.807) is 12.1 Å². The normalized spacial score (nSPS) is 10.5. The summed E-state index contributed by atoms with van der Waals surface area (Å²) in [5, 5.41) is 10.6. The Morgan fingerprint density at radius 1 is 1.00 bits per heavy atom. The number of nitro benzene ring substituents is 1. The number of hydrogen-bond acceptors (Lipinski definition) is 2. The molecule has 0 atom stereocenters. The molecular formula is C16H17NO2. The van der Waals surface area contributed by atoms with Crippen molar-refractivity contribution < 1.29 is 4.92 Å². The lowest BCUT2D eigenvalue weighted by atomic mass is 9.94. The van der Waals surface area contributed by atoms with Gasteiger partial charge in [-0.1, -0.05) is 29.8 Å². The first-order chi connectivity index (χ1) is 8.97. The SMILES string of the molecule is Cc1cc(C)c(Cc2ccc([N+](=O)[O-])cc2)c(C)c1. The van der Waals surface area contributed by atoms with Gasteiger partial charge in [0, 0.05) is 12.1 Å². The molecule has 2 aromatic carbocycles. The number of rotatable bonds is 3. The van der Waals surface area contributed by atoms with E-state index in [-0.39, 0.29) is 10.6 Å². The van der Waals surface area contributed by atoms with Crippen LogP contribution in [0.2, 0.25) is 0 Å². The second-order valence-corrected chi connectivity index (χ2v) is 4.98. The van der Waals surface area contributed by atoms with Gasteiger partial charge in [-0.2, -0.15) is 0 Å². The maximum absolute atomic E-state index is 10.6. The second-order valence-electron chi connectivity index (χ2n) is 4.98.